The Balaban J connectivity index is 2.62. The van der Waals surface area contributed by atoms with Gasteiger partial charge in [0.2, 0.25) is 0 Å². The number of nitrogens with zero attached hydrogens (tertiary/aromatic N) is 2. The highest BCUT2D eigenvalue weighted by molar-refractivity contribution is 5.31. The molecule has 1 saturated heterocycles. The number of ether oxygens (including phenoxy) is 1. The van der Waals surface area contributed by atoms with Crippen molar-refractivity contribution in [2.75, 3.05) is 5.73 Å². The van der Waals surface area contributed by atoms with Crippen LogP contribution in [0.4, 0.5) is 5.82 Å². The molecule has 0 aromatic carbocycles. The third-order valence-corrected chi connectivity index (χ3v) is 3.71. The van der Waals surface area contributed by atoms with Crippen molar-refractivity contribution in [2.24, 2.45) is 5.73 Å². The summed E-state index contributed by atoms with van der Waals surface area (Å²) in [5.74, 6) is 5.41. The summed E-state index contributed by atoms with van der Waals surface area (Å²) >= 11 is 0. The van der Waals surface area contributed by atoms with Crippen LogP contribution in [0, 0.1) is 18.8 Å². The SMILES string of the molecule is CC#C[C@@]1(N)C(O)[C@@H]([C@@H](C)O)O[C@H]1n1c(C)cc(N)nc1=O. The van der Waals surface area contributed by atoms with Gasteiger partial charge >= 0.3 is 5.69 Å². The molecule has 1 aliphatic rings. The first-order valence-electron chi connectivity index (χ1n) is 6.82. The Bertz CT molecular complexity index is 690. The molecule has 0 amide bonds. The number of rotatable bonds is 2. The van der Waals surface area contributed by atoms with Crippen LogP contribution in [-0.2, 0) is 4.74 Å². The Kier molecular flexibility index (Phi) is 4.26. The summed E-state index contributed by atoms with van der Waals surface area (Å²) < 4.78 is 6.83. The van der Waals surface area contributed by atoms with Gasteiger partial charge in [0, 0.05) is 5.69 Å². The Hall–Kier alpha value is -1.92. The molecule has 0 spiro atoms. The van der Waals surface area contributed by atoms with Crippen LogP contribution in [0.2, 0.25) is 0 Å². The largest absolute Gasteiger partial charge is 0.391 e. The molecule has 1 aromatic heterocycles. The Labute approximate surface area is 127 Å². The van der Waals surface area contributed by atoms with Crippen molar-refractivity contribution in [3.05, 3.63) is 22.2 Å². The summed E-state index contributed by atoms with van der Waals surface area (Å²) in [6.07, 6.45) is -4.32. The molecule has 1 unspecified atom stereocenters. The van der Waals surface area contributed by atoms with Crippen molar-refractivity contribution < 1.29 is 14.9 Å². The van der Waals surface area contributed by atoms with Crippen molar-refractivity contribution in [2.45, 2.75) is 50.8 Å². The molecule has 1 aromatic rings. The minimum absolute atomic E-state index is 0.0774. The first-order valence-corrected chi connectivity index (χ1v) is 6.82. The number of nitrogens with two attached hydrogens (primary N) is 2. The third kappa shape index (κ3) is 2.48. The number of anilines is 1. The van der Waals surface area contributed by atoms with E-state index in [2.05, 4.69) is 16.8 Å². The van der Waals surface area contributed by atoms with Crippen LogP contribution < -0.4 is 17.2 Å². The number of aliphatic hydroxyl groups excluding tert-OH is 2. The second-order valence-electron chi connectivity index (χ2n) is 5.42. The standard InChI is InChI=1S/C14H20N4O4/c1-4-5-14(16)11(20)10(8(3)19)22-12(14)18-7(2)6-9(15)17-13(18)21/h6,8,10-12,19-20H,16H2,1-3H3,(H2,15,17,21)/t8-,10-,11?,12-,14-/m1/s1. The van der Waals surface area contributed by atoms with Gasteiger partial charge in [-0.15, -0.1) is 5.92 Å². The highest BCUT2D eigenvalue weighted by Gasteiger charge is 2.56. The predicted molar refractivity (Wildman–Crippen MR) is 79.6 cm³/mol. The van der Waals surface area contributed by atoms with Gasteiger partial charge in [0.15, 0.2) is 11.8 Å². The van der Waals surface area contributed by atoms with Gasteiger partial charge < -0.3 is 26.4 Å². The predicted octanol–water partition coefficient (Wildman–Crippen LogP) is -1.51. The quantitative estimate of drug-likeness (QED) is 0.488. The molecule has 0 bridgehead atoms. The summed E-state index contributed by atoms with van der Waals surface area (Å²) in [6, 6.07) is 1.49. The van der Waals surface area contributed by atoms with Crippen LogP contribution in [0.5, 0.6) is 0 Å². The average Bonchev–Trinajstić information content (AvgIpc) is 2.63. The van der Waals surface area contributed by atoms with Crippen LogP contribution in [0.3, 0.4) is 0 Å². The first-order chi connectivity index (χ1) is 10.2. The monoisotopic (exact) mass is 308 g/mol. The summed E-state index contributed by atoms with van der Waals surface area (Å²) in [4.78, 5) is 15.8. The van der Waals surface area contributed by atoms with E-state index in [1.54, 1.807) is 13.8 Å². The van der Waals surface area contributed by atoms with Gasteiger partial charge in [0.1, 0.15) is 18.0 Å². The van der Waals surface area contributed by atoms with E-state index < -0.39 is 35.8 Å². The normalized spacial score (nSPS) is 32.4. The summed E-state index contributed by atoms with van der Waals surface area (Å²) in [5, 5.41) is 20.2. The van der Waals surface area contributed by atoms with E-state index in [1.807, 2.05) is 0 Å². The van der Waals surface area contributed by atoms with Crippen LogP contribution in [0.15, 0.2) is 10.9 Å². The lowest BCUT2D eigenvalue weighted by Gasteiger charge is -2.29. The molecule has 1 aliphatic heterocycles. The van der Waals surface area contributed by atoms with E-state index in [1.165, 1.54) is 17.6 Å². The summed E-state index contributed by atoms with van der Waals surface area (Å²) in [6.45, 7) is 4.67. The zero-order valence-electron chi connectivity index (χ0n) is 12.6. The maximum Gasteiger partial charge on any atom is 0.351 e. The molecule has 0 radical (unpaired) electrons. The maximum atomic E-state index is 12.2. The van der Waals surface area contributed by atoms with E-state index >= 15 is 0 Å². The lowest BCUT2D eigenvalue weighted by molar-refractivity contribution is -0.0783. The molecule has 8 heteroatoms. The number of nitrogen functional groups attached to an aromatic ring is 1. The molecule has 0 saturated carbocycles. The average molecular weight is 308 g/mol. The van der Waals surface area contributed by atoms with Crippen molar-refractivity contribution in [1.29, 1.82) is 0 Å². The fourth-order valence-corrected chi connectivity index (χ4v) is 2.67. The van der Waals surface area contributed by atoms with Gasteiger partial charge in [-0.25, -0.2) is 4.79 Å². The molecule has 2 heterocycles. The number of aliphatic hydroxyl groups is 2. The lowest BCUT2D eigenvalue weighted by Crippen LogP contribution is -2.55. The highest BCUT2D eigenvalue weighted by atomic mass is 16.5. The number of aryl methyl sites for hydroxylation is 1. The fourth-order valence-electron chi connectivity index (χ4n) is 2.67. The van der Waals surface area contributed by atoms with Crippen molar-refractivity contribution >= 4 is 5.82 Å². The molecule has 6 N–H and O–H groups in total. The van der Waals surface area contributed by atoms with E-state index in [4.69, 9.17) is 16.2 Å². The van der Waals surface area contributed by atoms with Crippen molar-refractivity contribution in [1.82, 2.24) is 9.55 Å². The van der Waals surface area contributed by atoms with Gasteiger partial charge in [-0.2, -0.15) is 4.98 Å². The van der Waals surface area contributed by atoms with E-state index in [-0.39, 0.29) is 5.82 Å². The van der Waals surface area contributed by atoms with E-state index in [9.17, 15) is 15.0 Å². The van der Waals surface area contributed by atoms with Crippen molar-refractivity contribution in [3.8, 4) is 11.8 Å². The summed E-state index contributed by atoms with van der Waals surface area (Å²) in [7, 11) is 0. The highest BCUT2D eigenvalue weighted by Crippen LogP contribution is 2.37. The molecule has 5 atom stereocenters. The fraction of sp³-hybridized carbons (Fsp3) is 0.571. The van der Waals surface area contributed by atoms with Gasteiger partial charge in [-0.1, -0.05) is 5.92 Å². The molecule has 8 nitrogen and oxygen atoms in total. The molecular weight excluding hydrogens is 288 g/mol. The first kappa shape index (κ1) is 16.5. The smallest absolute Gasteiger partial charge is 0.351 e. The third-order valence-electron chi connectivity index (χ3n) is 3.71. The minimum Gasteiger partial charge on any atom is -0.391 e. The topological polar surface area (TPSA) is 137 Å². The Morgan fingerprint density at radius 1 is 1.59 bits per heavy atom. The van der Waals surface area contributed by atoms with Crippen LogP contribution in [0.25, 0.3) is 0 Å². The second kappa shape index (κ2) is 5.70. The number of hydrogen-bond acceptors (Lipinski definition) is 7. The van der Waals surface area contributed by atoms with Gasteiger partial charge in [-0.05, 0) is 26.8 Å². The molecule has 1 fully saturated rings. The molecule has 22 heavy (non-hydrogen) atoms. The zero-order chi connectivity index (χ0) is 16.7. The minimum atomic E-state index is -1.55. The van der Waals surface area contributed by atoms with Gasteiger partial charge in [0.05, 0.1) is 6.10 Å². The van der Waals surface area contributed by atoms with Gasteiger partial charge in [-0.3, -0.25) is 4.57 Å². The van der Waals surface area contributed by atoms with E-state index in [0.717, 1.165) is 0 Å². The van der Waals surface area contributed by atoms with Crippen molar-refractivity contribution in [3.63, 3.8) is 0 Å². The van der Waals surface area contributed by atoms with Gasteiger partial charge in [0.25, 0.3) is 0 Å². The zero-order valence-corrected chi connectivity index (χ0v) is 12.6. The maximum absolute atomic E-state index is 12.2. The molecule has 2 rings (SSSR count). The molecular formula is C14H20N4O4. The van der Waals surface area contributed by atoms with Crippen LogP contribution in [-0.4, -0.2) is 43.6 Å². The Morgan fingerprint density at radius 3 is 2.73 bits per heavy atom. The van der Waals surface area contributed by atoms with Crippen LogP contribution in [0.1, 0.15) is 25.8 Å². The second-order valence-corrected chi connectivity index (χ2v) is 5.42. The van der Waals surface area contributed by atoms with E-state index in [0.29, 0.717) is 5.69 Å². The summed E-state index contributed by atoms with van der Waals surface area (Å²) in [5.41, 5.74) is 10.0. The molecule has 0 aliphatic carbocycles. The molecule has 120 valence electrons. The lowest BCUT2D eigenvalue weighted by atomic mass is 9.90. The Morgan fingerprint density at radius 2 is 2.23 bits per heavy atom. The van der Waals surface area contributed by atoms with Crippen LogP contribution >= 0.6 is 0 Å². The number of hydrogen-bond donors (Lipinski definition) is 4. The number of aromatic nitrogens is 2.